The molecule has 2 rings (SSSR count). The number of imidazole rings is 1. The van der Waals surface area contributed by atoms with Crippen molar-refractivity contribution in [1.29, 1.82) is 0 Å². The topological polar surface area (TPSA) is 37.9 Å². The van der Waals surface area contributed by atoms with E-state index in [0.29, 0.717) is 12.5 Å². The summed E-state index contributed by atoms with van der Waals surface area (Å²) in [5, 5.41) is 0.978. The van der Waals surface area contributed by atoms with Crippen molar-refractivity contribution in [2.45, 2.75) is 31.8 Å². The normalized spacial score (nSPS) is 12.8. The molecule has 5 heteroatoms. The highest BCUT2D eigenvalue weighted by molar-refractivity contribution is 7.99. The first-order valence-corrected chi connectivity index (χ1v) is 8.56. The number of fused-ring (bicyclic) bond motifs is 1. The standard InChI is InChI=1S/C15H21ClN2OS/c1-3-19-12-4-5-13-14(10-12)18-15(17-13)20-9-7-11(2)6-8-16/h4-5,10-11H,3,6-9H2,1-2H3,(H,17,18). The van der Waals surface area contributed by atoms with Crippen LogP contribution in [0.2, 0.25) is 0 Å². The second kappa shape index (κ2) is 7.79. The van der Waals surface area contributed by atoms with Crippen LogP contribution < -0.4 is 4.74 Å². The van der Waals surface area contributed by atoms with Crippen LogP contribution in [0.1, 0.15) is 26.7 Å². The van der Waals surface area contributed by atoms with Crippen molar-refractivity contribution in [3.63, 3.8) is 0 Å². The van der Waals surface area contributed by atoms with Crippen LogP contribution in [0.15, 0.2) is 23.4 Å². The monoisotopic (exact) mass is 312 g/mol. The number of hydrogen-bond acceptors (Lipinski definition) is 3. The van der Waals surface area contributed by atoms with Crippen LogP contribution in [-0.4, -0.2) is 28.2 Å². The Bertz CT molecular complexity index is 544. The molecule has 0 saturated carbocycles. The van der Waals surface area contributed by atoms with Gasteiger partial charge in [-0.15, -0.1) is 11.6 Å². The minimum Gasteiger partial charge on any atom is -0.494 e. The van der Waals surface area contributed by atoms with Gasteiger partial charge in [0.1, 0.15) is 5.75 Å². The summed E-state index contributed by atoms with van der Waals surface area (Å²) < 4.78 is 5.50. The molecule has 3 nitrogen and oxygen atoms in total. The van der Waals surface area contributed by atoms with Gasteiger partial charge in [0.05, 0.1) is 17.6 Å². The Hall–Kier alpha value is -0.870. The molecule has 0 saturated heterocycles. The van der Waals surface area contributed by atoms with Crippen molar-refractivity contribution in [1.82, 2.24) is 9.97 Å². The molecule has 1 aromatic carbocycles. The SMILES string of the molecule is CCOc1ccc2nc(SCCC(C)CCCl)[nH]c2c1. The van der Waals surface area contributed by atoms with Crippen LogP contribution in [0.25, 0.3) is 11.0 Å². The van der Waals surface area contributed by atoms with Crippen LogP contribution in [0, 0.1) is 5.92 Å². The first kappa shape index (κ1) is 15.5. The van der Waals surface area contributed by atoms with E-state index in [0.717, 1.165) is 40.0 Å². The van der Waals surface area contributed by atoms with Crippen molar-refractivity contribution in [3.8, 4) is 5.75 Å². The minimum atomic E-state index is 0.675. The lowest BCUT2D eigenvalue weighted by atomic mass is 10.1. The van der Waals surface area contributed by atoms with E-state index in [-0.39, 0.29) is 0 Å². The fraction of sp³-hybridized carbons (Fsp3) is 0.533. The lowest BCUT2D eigenvalue weighted by Gasteiger charge is -2.07. The predicted octanol–water partition coefficient (Wildman–Crippen LogP) is 4.71. The van der Waals surface area contributed by atoms with Gasteiger partial charge in [0.15, 0.2) is 5.16 Å². The van der Waals surface area contributed by atoms with Gasteiger partial charge in [-0.25, -0.2) is 4.98 Å². The molecule has 1 unspecified atom stereocenters. The molecule has 0 aliphatic heterocycles. The molecular formula is C15H21ClN2OS. The van der Waals surface area contributed by atoms with E-state index in [1.165, 1.54) is 6.42 Å². The molecule has 110 valence electrons. The molecule has 0 spiro atoms. The number of nitrogens with zero attached hydrogens (tertiary/aromatic N) is 1. The van der Waals surface area contributed by atoms with Gasteiger partial charge < -0.3 is 9.72 Å². The van der Waals surface area contributed by atoms with Crippen molar-refractivity contribution < 1.29 is 4.74 Å². The summed E-state index contributed by atoms with van der Waals surface area (Å²) in [7, 11) is 0. The van der Waals surface area contributed by atoms with Gasteiger partial charge in [-0.1, -0.05) is 18.7 Å². The van der Waals surface area contributed by atoms with Crippen LogP contribution in [-0.2, 0) is 0 Å². The van der Waals surface area contributed by atoms with Crippen molar-refractivity contribution in [2.75, 3.05) is 18.2 Å². The molecule has 0 aliphatic carbocycles. The molecule has 1 atom stereocenters. The molecule has 2 aromatic rings. The number of hydrogen-bond donors (Lipinski definition) is 1. The van der Waals surface area contributed by atoms with Crippen LogP contribution in [0.4, 0.5) is 0 Å². The van der Waals surface area contributed by atoms with E-state index in [9.17, 15) is 0 Å². The maximum atomic E-state index is 5.75. The molecule has 1 heterocycles. The van der Waals surface area contributed by atoms with Crippen molar-refractivity contribution in [2.24, 2.45) is 5.92 Å². The van der Waals surface area contributed by atoms with E-state index in [4.69, 9.17) is 16.3 Å². The summed E-state index contributed by atoms with van der Waals surface area (Å²) in [6.45, 7) is 4.91. The van der Waals surface area contributed by atoms with Gasteiger partial charge in [-0.3, -0.25) is 0 Å². The van der Waals surface area contributed by atoms with Gasteiger partial charge in [0.25, 0.3) is 0 Å². The van der Waals surface area contributed by atoms with Crippen LogP contribution >= 0.6 is 23.4 Å². The zero-order valence-electron chi connectivity index (χ0n) is 12.0. The number of ether oxygens (including phenoxy) is 1. The fourth-order valence-electron chi connectivity index (χ4n) is 1.98. The van der Waals surface area contributed by atoms with Gasteiger partial charge in [-0.2, -0.15) is 0 Å². The highest BCUT2D eigenvalue weighted by atomic mass is 35.5. The Morgan fingerprint density at radius 3 is 3.00 bits per heavy atom. The summed E-state index contributed by atoms with van der Waals surface area (Å²) in [5.74, 6) is 3.37. The molecule has 0 aliphatic rings. The van der Waals surface area contributed by atoms with E-state index < -0.39 is 0 Å². The number of thioether (sulfide) groups is 1. The van der Waals surface area contributed by atoms with Crippen LogP contribution in [0.5, 0.6) is 5.75 Å². The summed E-state index contributed by atoms with van der Waals surface area (Å²) in [5.41, 5.74) is 2.03. The van der Waals surface area contributed by atoms with Crippen LogP contribution in [0.3, 0.4) is 0 Å². The third-order valence-corrected chi connectivity index (χ3v) is 4.32. The minimum absolute atomic E-state index is 0.675. The first-order chi connectivity index (χ1) is 9.72. The van der Waals surface area contributed by atoms with Crippen molar-refractivity contribution >= 4 is 34.4 Å². The Morgan fingerprint density at radius 1 is 1.40 bits per heavy atom. The number of aromatic nitrogens is 2. The number of aromatic amines is 1. The molecular weight excluding hydrogens is 292 g/mol. The smallest absolute Gasteiger partial charge is 0.166 e. The Balaban J connectivity index is 1.94. The van der Waals surface area contributed by atoms with Crippen molar-refractivity contribution in [3.05, 3.63) is 18.2 Å². The number of rotatable bonds is 8. The summed E-state index contributed by atoms with van der Waals surface area (Å²) in [4.78, 5) is 7.93. The van der Waals surface area contributed by atoms with Gasteiger partial charge in [-0.05, 0) is 37.8 Å². The summed E-state index contributed by atoms with van der Waals surface area (Å²) in [6, 6.07) is 5.96. The second-order valence-electron chi connectivity index (χ2n) is 4.87. The maximum Gasteiger partial charge on any atom is 0.166 e. The molecule has 0 fully saturated rings. The molecule has 0 amide bonds. The Morgan fingerprint density at radius 2 is 2.25 bits per heavy atom. The highest BCUT2D eigenvalue weighted by Crippen LogP contribution is 2.24. The zero-order chi connectivity index (χ0) is 14.4. The van der Waals surface area contributed by atoms with Gasteiger partial charge in [0, 0.05) is 17.7 Å². The quantitative estimate of drug-likeness (QED) is 0.566. The van der Waals surface area contributed by atoms with E-state index in [1.54, 1.807) is 11.8 Å². The number of halogens is 1. The largest absolute Gasteiger partial charge is 0.494 e. The number of H-pyrrole nitrogens is 1. The summed E-state index contributed by atoms with van der Waals surface area (Å²) in [6.07, 6.45) is 2.25. The van der Waals surface area contributed by atoms with Gasteiger partial charge in [0.2, 0.25) is 0 Å². The molecule has 1 aromatic heterocycles. The lowest BCUT2D eigenvalue weighted by Crippen LogP contribution is -1.97. The second-order valence-corrected chi connectivity index (χ2v) is 6.34. The third kappa shape index (κ3) is 4.32. The molecule has 0 bridgehead atoms. The Kier molecular flexibility index (Phi) is 6.05. The summed E-state index contributed by atoms with van der Waals surface area (Å²) >= 11 is 7.52. The number of nitrogens with one attached hydrogen (secondary N) is 1. The van der Waals surface area contributed by atoms with E-state index in [2.05, 4.69) is 16.9 Å². The van der Waals surface area contributed by atoms with E-state index in [1.807, 2.05) is 25.1 Å². The average Bonchev–Trinajstić information content (AvgIpc) is 2.81. The Labute approximate surface area is 129 Å². The van der Waals surface area contributed by atoms with Gasteiger partial charge >= 0.3 is 0 Å². The number of benzene rings is 1. The first-order valence-electron chi connectivity index (χ1n) is 7.04. The lowest BCUT2D eigenvalue weighted by molar-refractivity contribution is 0.340. The zero-order valence-corrected chi connectivity index (χ0v) is 13.6. The number of alkyl halides is 1. The maximum absolute atomic E-state index is 5.75. The molecule has 0 radical (unpaired) electrons. The van der Waals surface area contributed by atoms with E-state index >= 15 is 0 Å². The fourth-order valence-corrected chi connectivity index (χ4v) is 3.41. The predicted molar refractivity (Wildman–Crippen MR) is 87.1 cm³/mol. The third-order valence-electron chi connectivity index (χ3n) is 3.19. The molecule has 20 heavy (non-hydrogen) atoms. The molecule has 1 N–H and O–H groups in total. The highest BCUT2D eigenvalue weighted by Gasteiger charge is 2.06. The average molecular weight is 313 g/mol.